The highest BCUT2D eigenvalue weighted by Crippen LogP contribution is 2.10. The number of hydrogen-bond acceptors (Lipinski definition) is 2. The summed E-state index contributed by atoms with van der Waals surface area (Å²) in [7, 11) is 0. The van der Waals surface area contributed by atoms with Crippen molar-refractivity contribution in [1.82, 2.24) is 10.2 Å². The average Bonchev–Trinajstić information content (AvgIpc) is 2.50. The second kappa shape index (κ2) is 15.8. The van der Waals surface area contributed by atoms with Crippen molar-refractivity contribution in [3.8, 4) is 0 Å². The van der Waals surface area contributed by atoms with E-state index in [0.717, 1.165) is 26.1 Å². The van der Waals surface area contributed by atoms with Crippen molar-refractivity contribution < 1.29 is 4.79 Å². The third-order valence-corrected chi connectivity index (χ3v) is 4.09. The maximum absolute atomic E-state index is 11.6. The van der Waals surface area contributed by atoms with Crippen molar-refractivity contribution in [3.63, 3.8) is 0 Å². The van der Waals surface area contributed by atoms with Gasteiger partial charge in [0.05, 0.1) is 6.54 Å². The molecule has 21 heavy (non-hydrogen) atoms. The third kappa shape index (κ3) is 14.1. The fourth-order valence-electron chi connectivity index (χ4n) is 2.52. The molecule has 0 fully saturated rings. The van der Waals surface area contributed by atoms with E-state index in [1.807, 2.05) is 0 Å². The third-order valence-electron chi connectivity index (χ3n) is 4.09. The van der Waals surface area contributed by atoms with Gasteiger partial charge >= 0.3 is 0 Å². The molecule has 0 aliphatic heterocycles. The standard InChI is InChI=1S/C18H37N2O/c1-4-7-8-9-10-11-12-13-14-15-18(21)19-16-17-20(5-2)6-3/h4-17H2,1-3H3. The van der Waals surface area contributed by atoms with E-state index in [1.54, 1.807) is 0 Å². The summed E-state index contributed by atoms with van der Waals surface area (Å²) in [4.78, 5) is 13.9. The Morgan fingerprint density at radius 1 is 0.810 bits per heavy atom. The van der Waals surface area contributed by atoms with E-state index >= 15 is 0 Å². The highest BCUT2D eigenvalue weighted by Gasteiger charge is 2.04. The molecule has 3 heteroatoms. The van der Waals surface area contributed by atoms with Crippen LogP contribution in [0.2, 0.25) is 0 Å². The summed E-state index contributed by atoms with van der Waals surface area (Å²) in [6.07, 6.45) is 12.3. The largest absolute Gasteiger partial charge is 0.302 e. The van der Waals surface area contributed by atoms with Gasteiger partial charge in [0.2, 0.25) is 5.91 Å². The molecular formula is C18H37N2O. The first-order chi connectivity index (χ1) is 10.2. The highest BCUT2D eigenvalue weighted by atomic mass is 16.1. The molecule has 0 saturated heterocycles. The molecule has 0 aromatic rings. The summed E-state index contributed by atoms with van der Waals surface area (Å²) in [5.41, 5.74) is 0. The average molecular weight is 298 g/mol. The Morgan fingerprint density at radius 3 is 1.86 bits per heavy atom. The van der Waals surface area contributed by atoms with Gasteiger partial charge in [-0.3, -0.25) is 10.1 Å². The van der Waals surface area contributed by atoms with Gasteiger partial charge in [-0.1, -0.05) is 72.1 Å². The molecule has 0 saturated carbocycles. The van der Waals surface area contributed by atoms with Gasteiger partial charge in [-0.05, 0) is 19.5 Å². The van der Waals surface area contributed by atoms with Crippen LogP contribution in [0, 0.1) is 0 Å². The SMILES string of the molecule is CCCCCCCCCCCC(=O)[N]CCN(CC)CC. The Hall–Kier alpha value is -0.570. The van der Waals surface area contributed by atoms with Crippen molar-refractivity contribution in [2.45, 2.75) is 85.0 Å². The summed E-state index contributed by atoms with van der Waals surface area (Å²) in [6, 6.07) is 0. The zero-order valence-corrected chi connectivity index (χ0v) is 14.7. The minimum absolute atomic E-state index is 0.102. The van der Waals surface area contributed by atoms with Gasteiger partial charge in [0.25, 0.3) is 0 Å². The van der Waals surface area contributed by atoms with Crippen LogP contribution < -0.4 is 5.32 Å². The van der Waals surface area contributed by atoms with Crippen molar-refractivity contribution in [2.75, 3.05) is 26.2 Å². The second-order valence-corrected chi connectivity index (χ2v) is 5.88. The number of unbranched alkanes of at least 4 members (excludes halogenated alkanes) is 8. The Balaban J connectivity index is 3.26. The van der Waals surface area contributed by atoms with Crippen LogP contribution in [0.15, 0.2) is 0 Å². The van der Waals surface area contributed by atoms with E-state index in [4.69, 9.17) is 0 Å². The van der Waals surface area contributed by atoms with Gasteiger partial charge in [0.1, 0.15) is 0 Å². The van der Waals surface area contributed by atoms with Crippen LogP contribution >= 0.6 is 0 Å². The quantitative estimate of drug-likeness (QED) is 0.420. The molecule has 0 spiro atoms. The minimum Gasteiger partial charge on any atom is -0.302 e. The maximum atomic E-state index is 11.6. The van der Waals surface area contributed by atoms with E-state index < -0.39 is 0 Å². The Bertz CT molecular complexity index is 227. The summed E-state index contributed by atoms with van der Waals surface area (Å²) in [5.74, 6) is 0.102. The number of amides is 1. The van der Waals surface area contributed by atoms with Crippen molar-refractivity contribution in [2.24, 2.45) is 0 Å². The van der Waals surface area contributed by atoms with Crippen LogP contribution in [0.4, 0.5) is 0 Å². The summed E-state index contributed by atoms with van der Waals surface area (Å²) in [5, 5.41) is 4.15. The summed E-state index contributed by atoms with van der Waals surface area (Å²) < 4.78 is 0. The fourth-order valence-corrected chi connectivity index (χ4v) is 2.52. The van der Waals surface area contributed by atoms with Crippen molar-refractivity contribution in [3.05, 3.63) is 0 Å². The predicted octanol–water partition coefficient (Wildman–Crippen LogP) is 4.38. The van der Waals surface area contributed by atoms with Gasteiger partial charge in [0.15, 0.2) is 0 Å². The van der Waals surface area contributed by atoms with Gasteiger partial charge in [-0.2, -0.15) is 0 Å². The molecule has 0 heterocycles. The molecule has 0 N–H and O–H groups in total. The molecule has 3 nitrogen and oxygen atoms in total. The number of rotatable bonds is 15. The molecule has 1 radical (unpaired) electrons. The zero-order chi connectivity index (χ0) is 15.8. The summed E-state index contributed by atoms with van der Waals surface area (Å²) in [6.45, 7) is 10.2. The van der Waals surface area contributed by atoms with Crippen molar-refractivity contribution >= 4 is 5.91 Å². The number of carbonyl (C=O) groups is 1. The molecule has 0 bridgehead atoms. The molecule has 0 aromatic heterocycles. The van der Waals surface area contributed by atoms with E-state index in [0.29, 0.717) is 13.0 Å². The van der Waals surface area contributed by atoms with Gasteiger partial charge in [-0.25, -0.2) is 0 Å². The zero-order valence-electron chi connectivity index (χ0n) is 14.7. The Morgan fingerprint density at radius 2 is 1.33 bits per heavy atom. The number of hydrogen-bond donors (Lipinski definition) is 0. The first-order valence-corrected chi connectivity index (χ1v) is 9.17. The number of carbonyl (C=O) groups excluding carboxylic acids is 1. The van der Waals surface area contributed by atoms with Gasteiger partial charge in [-0.15, -0.1) is 0 Å². The molecule has 0 atom stereocenters. The Labute approximate surface area is 132 Å². The lowest BCUT2D eigenvalue weighted by Gasteiger charge is -2.16. The van der Waals surface area contributed by atoms with E-state index in [9.17, 15) is 4.79 Å². The predicted molar refractivity (Wildman–Crippen MR) is 91.6 cm³/mol. The van der Waals surface area contributed by atoms with Gasteiger partial charge in [0, 0.05) is 13.0 Å². The van der Waals surface area contributed by atoms with Crippen LogP contribution in [0.25, 0.3) is 0 Å². The van der Waals surface area contributed by atoms with Crippen LogP contribution in [0.5, 0.6) is 0 Å². The minimum atomic E-state index is 0.102. The molecule has 125 valence electrons. The van der Waals surface area contributed by atoms with Crippen LogP contribution in [0.1, 0.15) is 85.0 Å². The lowest BCUT2D eigenvalue weighted by Crippen LogP contribution is -2.31. The topological polar surface area (TPSA) is 34.4 Å². The first kappa shape index (κ1) is 20.4. The lowest BCUT2D eigenvalue weighted by molar-refractivity contribution is -0.121. The first-order valence-electron chi connectivity index (χ1n) is 9.17. The molecule has 1 amide bonds. The molecule has 0 aliphatic carbocycles. The van der Waals surface area contributed by atoms with E-state index in [2.05, 4.69) is 31.0 Å². The van der Waals surface area contributed by atoms with Crippen LogP contribution in [-0.4, -0.2) is 37.0 Å². The monoisotopic (exact) mass is 297 g/mol. The van der Waals surface area contributed by atoms with E-state index in [1.165, 1.54) is 51.4 Å². The molecule has 0 unspecified atom stereocenters. The molecule has 0 rings (SSSR count). The Kier molecular flexibility index (Phi) is 15.4. The molecular weight excluding hydrogens is 260 g/mol. The van der Waals surface area contributed by atoms with E-state index in [-0.39, 0.29) is 5.91 Å². The van der Waals surface area contributed by atoms with Crippen LogP contribution in [0.3, 0.4) is 0 Å². The molecule has 0 aromatic carbocycles. The van der Waals surface area contributed by atoms with Crippen molar-refractivity contribution in [1.29, 1.82) is 0 Å². The second-order valence-electron chi connectivity index (χ2n) is 5.88. The fraction of sp³-hybridized carbons (Fsp3) is 0.944. The van der Waals surface area contributed by atoms with Gasteiger partial charge < -0.3 is 4.90 Å². The van der Waals surface area contributed by atoms with Crippen LogP contribution in [-0.2, 0) is 4.79 Å². The summed E-state index contributed by atoms with van der Waals surface area (Å²) >= 11 is 0. The highest BCUT2D eigenvalue weighted by molar-refractivity contribution is 5.75. The maximum Gasteiger partial charge on any atom is 0.241 e. The molecule has 0 aliphatic rings. The number of nitrogens with zero attached hydrogens (tertiary/aromatic N) is 2. The normalized spacial score (nSPS) is 11.0. The number of likely N-dealkylation sites (N-methyl/N-ethyl adjacent to an activating group) is 1. The lowest BCUT2D eigenvalue weighted by atomic mass is 10.1. The smallest absolute Gasteiger partial charge is 0.241 e.